The van der Waals surface area contributed by atoms with Crippen LogP contribution in [0.25, 0.3) is 0 Å². The van der Waals surface area contributed by atoms with Gasteiger partial charge in [0.1, 0.15) is 21.9 Å². The summed E-state index contributed by atoms with van der Waals surface area (Å²) in [5.41, 5.74) is -1.37. The van der Waals surface area contributed by atoms with Gasteiger partial charge in [-0.25, -0.2) is 0 Å². The van der Waals surface area contributed by atoms with E-state index in [1.165, 1.54) is 7.11 Å². The lowest BCUT2D eigenvalue weighted by Gasteiger charge is -2.27. The standard InChI is InChI=1S/C23H22Cl2O5/c1-22(2)13-23(22,21(27)28)18(19(24)25)17(20(26)29-3)14-8-7-11-16(12-14)30-15-9-5-4-6-10-15/h4-12,17H,13H2,1-3H3,(H,27,28). The number of ether oxygens (including phenoxy) is 2. The summed E-state index contributed by atoms with van der Waals surface area (Å²) < 4.78 is 10.6. The average molecular weight is 449 g/mol. The second kappa shape index (κ2) is 8.32. The van der Waals surface area contributed by atoms with Crippen molar-refractivity contribution in [2.24, 2.45) is 10.8 Å². The first-order valence-corrected chi connectivity index (χ1v) is 10.1. The molecule has 1 fully saturated rings. The van der Waals surface area contributed by atoms with E-state index in [4.69, 9.17) is 32.7 Å². The van der Waals surface area contributed by atoms with Crippen LogP contribution in [0.1, 0.15) is 31.7 Å². The lowest BCUT2D eigenvalue weighted by atomic mass is 9.78. The van der Waals surface area contributed by atoms with Gasteiger partial charge in [-0.2, -0.15) is 0 Å². The number of hydrogen-bond acceptors (Lipinski definition) is 4. The Bertz CT molecular complexity index is 996. The van der Waals surface area contributed by atoms with E-state index in [0.29, 0.717) is 23.5 Å². The summed E-state index contributed by atoms with van der Waals surface area (Å²) in [5.74, 6) is -1.70. The van der Waals surface area contributed by atoms with Crippen LogP contribution in [0.5, 0.6) is 11.5 Å². The Kier molecular flexibility index (Phi) is 6.16. The number of carboxylic acids is 1. The van der Waals surface area contributed by atoms with E-state index in [1.807, 2.05) is 18.2 Å². The van der Waals surface area contributed by atoms with Crippen molar-refractivity contribution in [2.75, 3.05) is 7.11 Å². The molecule has 2 atom stereocenters. The van der Waals surface area contributed by atoms with Crippen molar-refractivity contribution in [1.29, 1.82) is 0 Å². The van der Waals surface area contributed by atoms with Crippen molar-refractivity contribution in [3.63, 3.8) is 0 Å². The molecule has 30 heavy (non-hydrogen) atoms. The third-order valence-corrected chi connectivity index (χ3v) is 6.07. The van der Waals surface area contributed by atoms with Gasteiger partial charge >= 0.3 is 11.9 Å². The Labute approximate surface area is 185 Å². The number of carbonyl (C=O) groups is 2. The minimum absolute atomic E-state index is 0.132. The molecule has 2 aromatic carbocycles. The van der Waals surface area contributed by atoms with E-state index in [1.54, 1.807) is 50.2 Å². The number of methoxy groups -OCH3 is 1. The van der Waals surface area contributed by atoms with Gasteiger partial charge in [0.2, 0.25) is 0 Å². The van der Waals surface area contributed by atoms with Crippen LogP contribution in [-0.4, -0.2) is 24.2 Å². The van der Waals surface area contributed by atoms with Crippen molar-refractivity contribution < 1.29 is 24.2 Å². The molecule has 3 rings (SSSR count). The summed E-state index contributed by atoms with van der Waals surface area (Å²) in [4.78, 5) is 25.1. The van der Waals surface area contributed by atoms with E-state index in [-0.39, 0.29) is 10.1 Å². The highest BCUT2D eigenvalue weighted by molar-refractivity contribution is 6.56. The highest BCUT2D eigenvalue weighted by atomic mass is 35.5. The molecule has 0 bridgehead atoms. The second-order valence-electron chi connectivity index (χ2n) is 7.89. The molecule has 1 aliphatic rings. The van der Waals surface area contributed by atoms with Gasteiger partial charge in [-0.3, -0.25) is 9.59 Å². The number of carbonyl (C=O) groups excluding carboxylic acids is 1. The van der Waals surface area contributed by atoms with E-state index in [9.17, 15) is 14.7 Å². The molecule has 1 saturated carbocycles. The van der Waals surface area contributed by atoms with E-state index in [0.717, 1.165) is 0 Å². The molecule has 0 amide bonds. The zero-order valence-electron chi connectivity index (χ0n) is 16.8. The predicted molar refractivity (Wildman–Crippen MR) is 115 cm³/mol. The van der Waals surface area contributed by atoms with Gasteiger partial charge in [0.05, 0.1) is 12.5 Å². The molecule has 5 nitrogen and oxygen atoms in total. The number of carboxylic acid groups (broad SMARTS) is 1. The molecule has 0 aromatic heterocycles. The zero-order valence-corrected chi connectivity index (χ0v) is 18.3. The number of halogens is 2. The summed E-state index contributed by atoms with van der Waals surface area (Å²) in [7, 11) is 1.24. The maximum absolute atomic E-state index is 12.8. The number of rotatable bonds is 7. The fourth-order valence-corrected chi connectivity index (χ4v) is 4.54. The summed E-state index contributed by atoms with van der Waals surface area (Å²) >= 11 is 12.4. The predicted octanol–water partition coefficient (Wildman–Crippen LogP) is 5.93. The smallest absolute Gasteiger partial charge is 0.317 e. The van der Waals surface area contributed by atoms with E-state index >= 15 is 0 Å². The Hall–Kier alpha value is -2.50. The quantitative estimate of drug-likeness (QED) is 0.531. The number of para-hydroxylation sites is 1. The summed E-state index contributed by atoms with van der Waals surface area (Å²) in [5, 5.41) is 10.0. The van der Waals surface area contributed by atoms with E-state index < -0.39 is 28.7 Å². The van der Waals surface area contributed by atoms with Crippen LogP contribution in [0.2, 0.25) is 0 Å². The van der Waals surface area contributed by atoms with Gasteiger partial charge in [-0.05, 0) is 47.2 Å². The molecule has 0 heterocycles. The Balaban J connectivity index is 2.09. The number of esters is 1. The number of aliphatic carboxylic acids is 1. The topological polar surface area (TPSA) is 72.8 Å². The highest BCUT2D eigenvalue weighted by Crippen LogP contribution is 2.70. The maximum Gasteiger partial charge on any atom is 0.317 e. The molecule has 7 heteroatoms. The molecule has 0 spiro atoms. The van der Waals surface area contributed by atoms with Crippen LogP contribution in [0.15, 0.2) is 64.7 Å². The first kappa shape index (κ1) is 22.2. The fraction of sp³-hybridized carbons (Fsp3) is 0.304. The molecule has 2 aromatic rings. The van der Waals surface area contributed by atoms with Crippen molar-refractivity contribution in [3.8, 4) is 11.5 Å². The van der Waals surface area contributed by atoms with Crippen LogP contribution in [-0.2, 0) is 14.3 Å². The number of benzene rings is 2. The molecule has 0 radical (unpaired) electrons. The molecular weight excluding hydrogens is 427 g/mol. The zero-order chi connectivity index (χ0) is 22.1. The van der Waals surface area contributed by atoms with Gasteiger partial charge in [0.15, 0.2) is 0 Å². The molecule has 0 aliphatic heterocycles. The van der Waals surface area contributed by atoms with Crippen LogP contribution in [0.3, 0.4) is 0 Å². The Morgan fingerprint density at radius 2 is 1.63 bits per heavy atom. The lowest BCUT2D eigenvalue weighted by molar-refractivity contribution is -0.144. The average Bonchev–Trinajstić information content (AvgIpc) is 3.29. The third kappa shape index (κ3) is 3.92. The van der Waals surface area contributed by atoms with Gasteiger partial charge in [0.25, 0.3) is 0 Å². The molecule has 1 aliphatic carbocycles. The van der Waals surface area contributed by atoms with E-state index in [2.05, 4.69) is 0 Å². The lowest BCUT2D eigenvalue weighted by Crippen LogP contribution is -2.31. The van der Waals surface area contributed by atoms with Crippen molar-refractivity contribution in [1.82, 2.24) is 0 Å². The van der Waals surface area contributed by atoms with Crippen molar-refractivity contribution in [2.45, 2.75) is 26.2 Å². The Morgan fingerprint density at radius 3 is 2.13 bits per heavy atom. The maximum atomic E-state index is 12.8. The minimum atomic E-state index is -1.36. The summed E-state index contributed by atoms with van der Waals surface area (Å²) in [6, 6.07) is 16.0. The summed E-state index contributed by atoms with van der Waals surface area (Å²) in [6.45, 7) is 3.61. The molecule has 1 N–H and O–H groups in total. The largest absolute Gasteiger partial charge is 0.481 e. The highest BCUT2D eigenvalue weighted by Gasteiger charge is 2.71. The normalized spacial score (nSPS) is 20.0. The fourth-order valence-electron chi connectivity index (χ4n) is 4.00. The van der Waals surface area contributed by atoms with Crippen LogP contribution < -0.4 is 4.74 Å². The van der Waals surface area contributed by atoms with Gasteiger partial charge in [-0.15, -0.1) is 0 Å². The first-order valence-electron chi connectivity index (χ1n) is 9.34. The van der Waals surface area contributed by atoms with Gasteiger partial charge < -0.3 is 14.6 Å². The Morgan fingerprint density at radius 1 is 1.03 bits per heavy atom. The van der Waals surface area contributed by atoms with Crippen molar-refractivity contribution in [3.05, 3.63) is 70.2 Å². The van der Waals surface area contributed by atoms with Crippen LogP contribution in [0, 0.1) is 10.8 Å². The van der Waals surface area contributed by atoms with Crippen LogP contribution >= 0.6 is 23.2 Å². The van der Waals surface area contributed by atoms with Gasteiger partial charge in [0, 0.05) is 0 Å². The first-order chi connectivity index (χ1) is 14.1. The monoisotopic (exact) mass is 448 g/mol. The summed E-state index contributed by atoms with van der Waals surface area (Å²) in [6.07, 6.45) is 0.307. The number of hydrogen-bond donors (Lipinski definition) is 1. The van der Waals surface area contributed by atoms with Crippen LogP contribution in [0.4, 0.5) is 0 Å². The second-order valence-corrected chi connectivity index (χ2v) is 8.84. The molecule has 2 unspecified atom stereocenters. The minimum Gasteiger partial charge on any atom is -0.481 e. The molecular formula is C23H22Cl2O5. The molecule has 0 saturated heterocycles. The van der Waals surface area contributed by atoms with Gasteiger partial charge in [-0.1, -0.05) is 67.4 Å². The molecule has 158 valence electrons. The third-order valence-electron chi connectivity index (χ3n) is 5.66. The van der Waals surface area contributed by atoms with Crippen molar-refractivity contribution >= 4 is 35.1 Å². The SMILES string of the molecule is COC(=O)C(C(=C(Cl)Cl)C1(C(=O)O)CC1(C)C)c1cccc(Oc2ccccc2)c1.